The molecule has 3 aromatic rings. The summed E-state index contributed by atoms with van der Waals surface area (Å²) in [5, 5.41) is 2.98. The molecule has 0 spiro atoms. The van der Waals surface area contributed by atoms with Crippen LogP contribution in [0.1, 0.15) is 17.2 Å². The monoisotopic (exact) mass is 349 g/mol. The predicted octanol–water partition coefficient (Wildman–Crippen LogP) is 1.64. The number of carbonyl (C=O) groups excluding carboxylic acids is 1. The van der Waals surface area contributed by atoms with Crippen LogP contribution in [0.15, 0.2) is 82.5 Å². The molecule has 132 valence electrons. The van der Waals surface area contributed by atoms with Crippen molar-refractivity contribution in [2.75, 3.05) is 0 Å². The van der Waals surface area contributed by atoms with Crippen LogP contribution in [0.5, 0.6) is 0 Å². The van der Waals surface area contributed by atoms with E-state index in [-0.39, 0.29) is 18.5 Å². The standard InChI is InChI=1S/C20H19N3O3/c24-18-11-12-23(20(26)22-18)14-19(25)21-17(16-9-5-2-6-10-16)13-15-7-3-1-4-8-15/h1-12,17H,13-14H2,(H,21,25)(H,22,24,26)/t17-/m0/s1. The highest BCUT2D eigenvalue weighted by Crippen LogP contribution is 2.18. The highest BCUT2D eigenvalue weighted by molar-refractivity contribution is 5.76. The first kappa shape index (κ1) is 17.4. The van der Waals surface area contributed by atoms with Crippen LogP contribution in [-0.4, -0.2) is 15.5 Å². The number of benzene rings is 2. The topological polar surface area (TPSA) is 84.0 Å². The number of amides is 1. The minimum absolute atomic E-state index is 0.159. The molecule has 2 aromatic carbocycles. The zero-order valence-electron chi connectivity index (χ0n) is 14.1. The van der Waals surface area contributed by atoms with Gasteiger partial charge >= 0.3 is 5.69 Å². The first-order chi connectivity index (χ1) is 12.6. The molecule has 1 amide bonds. The number of nitrogens with zero attached hydrogens (tertiary/aromatic N) is 1. The molecule has 0 saturated carbocycles. The number of nitrogens with one attached hydrogen (secondary N) is 2. The molecule has 26 heavy (non-hydrogen) atoms. The Balaban J connectivity index is 1.77. The molecule has 0 fully saturated rings. The quantitative estimate of drug-likeness (QED) is 0.709. The van der Waals surface area contributed by atoms with Crippen LogP contribution < -0.4 is 16.6 Å². The Morgan fingerprint density at radius 2 is 1.62 bits per heavy atom. The van der Waals surface area contributed by atoms with Gasteiger partial charge in [0.2, 0.25) is 5.91 Å². The lowest BCUT2D eigenvalue weighted by Gasteiger charge is -2.20. The van der Waals surface area contributed by atoms with E-state index in [1.54, 1.807) is 0 Å². The second-order valence-electron chi connectivity index (χ2n) is 5.96. The Kier molecular flexibility index (Phi) is 5.43. The smallest absolute Gasteiger partial charge is 0.328 e. The van der Waals surface area contributed by atoms with E-state index in [1.165, 1.54) is 16.8 Å². The number of aromatic amines is 1. The van der Waals surface area contributed by atoms with Crippen molar-refractivity contribution in [2.45, 2.75) is 19.0 Å². The number of aromatic nitrogens is 2. The number of carbonyl (C=O) groups is 1. The third-order valence-corrected chi connectivity index (χ3v) is 4.03. The van der Waals surface area contributed by atoms with Crippen LogP contribution in [0.25, 0.3) is 0 Å². The molecule has 0 aliphatic rings. The average molecular weight is 349 g/mol. The Hall–Kier alpha value is -3.41. The maximum absolute atomic E-state index is 12.5. The van der Waals surface area contributed by atoms with Gasteiger partial charge in [0.25, 0.3) is 5.56 Å². The SMILES string of the molecule is O=C(Cn1ccc(=O)[nH]c1=O)N[C@@H](Cc1ccccc1)c1ccccc1. The van der Waals surface area contributed by atoms with E-state index in [4.69, 9.17) is 0 Å². The van der Waals surface area contributed by atoms with Crippen LogP contribution in [-0.2, 0) is 17.8 Å². The van der Waals surface area contributed by atoms with E-state index >= 15 is 0 Å². The summed E-state index contributed by atoms with van der Waals surface area (Å²) in [7, 11) is 0. The van der Waals surface area contributed by atoms with Gasteiger partial charge in [-0.3, -0.25) is 19.1 Å². The second kappa shape index (κ2) is 8.11. The Labute approximate surface area is 150 Å². The highest BCUT2D eigenvalue weighted by Gasteiger charge is 2.16. The van der Waals surface area contributed by atoms with E-state index in [9.17, 15) is 14.4 Å². The maximum Gasteiger partial charge on any atom is 0.328 e. The van der Waals surface area contributed by atoms with Gasteiger partial charge < -0.3 is 5.32 Å². The third kappa shape index (κ3) is 4.57. The lowest BCUT2D eigenvalue weighted by Crippen LogP contribution is -2.37. The van der Waals surface area contributed by atoms with Gasteiger partial charge in [-0.15, -0.1) is 0 Å². The molecule has 0 radical (unpaired) electrons. The molecule has 0 aliphatic carbocycles. The normalized spacial score (nSPS) is 11.7. The molecular weight excluding hydrogens is 330 g/mol. The minimum Gasteiger partial charge on any atom is -0.347 e. The van der Waals surface area contributed by atoms with Crippen molar-refractivity contribution in [3.05, 3.63) is 105 Å². The van der Waals surface area contributed by atoms with Gasteiger partial charge in [-0.2, -0.15) is 0 Å². The summed E-state index contributed by atoms with van der Waals surface area (Å²) < 4.78 is 1.17. The largest absolute Gasteiger partial charge is 0.347 e. The summed E-state index contributed by atoms with van der Waals surface area (Å²) in [6.07, 6.45) is 1.95. The van der Waals surface area contributed by atoms with Gasteiger partial charge in [0.15, 0.2) is 0 Å². The van der Waals surface area contributed by atoms with Crippen LogP contribution >= 0.6 is 0 Å². The third-order valence-electron chi connectivity index (χ3n) is 4.03. The van der Waals surface area contributed by atoms with Crippen molar-refractivity contribution in [3.8, 4) is 0 Å². The fourth-order valence-electron chi connectivity index (χ4n) is 2.75. The molecule has 6 heteroatoms. The Bertz CT molecular complexity index is 978. The summed E-state index contributed by atoms with van der Waals surface area (Å²) in [5.74, 6) is -0.302. The van der Waals surface area contributed by atoms with Gasteiger partial charge in [0.05, 0.1) is 6.04 Å². The Morgan fingerprint density at radius 1 is 0.962 bits per heavy atom. The summed E-state index contributed by atoms with van der Waals surface area (Å²) in [5.41, 5.74) is 0.992. The lowest BCUT2D eigenvalue weighted by atomic mass is 9.99. The summed E-state index contributed by atoms with van der Waals surface area (Å²) in [4.78, 5) is 37.5. The first-order valence-electron chi connectivity index (χ1n) is 8.30. The van der Waals surface area contributed by atoms with Crippen LogP contribution in [0.2, 0.25) is 0 Å². The van der Waals surface area contributed by atoms with Crippen molar-refractivity contribution < 1.29 is 4.79 Å². The number of hydrogen-bond donors (Lipinski definition) is 2. The van der Waals surface area contributed by atoms with Crippen LogP contribution in [0, 0.1) is 0 Å². The Morgan fingerprint density at radius 3 is 2.27 bits per heavy atom. The molecule has 0 saturated heterocycles. The predicted molar refractivity (Wildman–Crippen MR) is 98.8 cm³/mol. The van der Waals surface area contributed by atoms with Gasteiger partial charge in [-0.05, 0) is 17.5 Å². The van der Waals surface area contributed by atoms with E-state index in [0.29, 0.717) is 6.42 Å². The molecule has 3 rings (SSSR count). The van der Waals surface area contributed by atoms with E-state index in [0.717, 1.165) is 11.1 Å². The number of H-pyrrole nitrogens is 1. The summed E-state index contributed by atoms with van der Waals surface area (Å²) in [6, 6.07) is 20.6. The van der Waals surface area contributed by atoms with Gasteiger partial charge in [-0.25, -0.2) is 4.79 Å². The minimum atomic E-state index is -0.605. The average Bonchev–Trinajstić information content (AvgIpc) is 2.65. The van der Waals surface area contributed by atoms with Crippen molar-refractivity contribution in [2.24, 2.45) is 0 Å². The van der Waals surface area contributed by atoms with Crippen LogP contribution in [0.3, 0.4) is 0 Å². The van der Waals surface area contributed by atoms with Crippen molar-refractivity contribution in [1.29, 1.82) is 0 Å². The van der Waals surface area contributed by atoms with Crippen molar-refractivity contribution in [3.63, 3.8) is 0 Å². The van der Waals surface area contributed by atoms with Gasteiger partial charge in [0.1, 0.15) is 6.54 Å². The highest BCUT2D eigenvalue weighted by atomic mass is 16.2. The molecule has 6 nitrogen and oxygen atoms in total. The van der Waals surface area contributed by atoms with Gasteiger partial charge in [-0.1, -0.05) is 60.7 Å². The zero-order valence-corrected chi connectivity index (χ0v) is 14.1. The fraction of sp³-hybridized carbons (Fsp3) is 0.150. The molecular formula is C20H19N3O3. The summed E-state index contributed by atoms with van der Waals surface area (Å²) in [6.45, 7) is -0.159. The first-order valence-corrected chi connectivity index (χ1v) is 8.30. The number of rotatable bonds is 6. The fourth-order valence-corrected chi connectivity index (χ4v) is 2.75. The molecule has 0 unspecified atom stereocenters. The van der Waals surface area contributed by atoms with Crippen molar-refractivity contribution >= 4 is 5.91 Å². The maximum atomic E-state index is 12.5. The van der Waals surface area contributed by atoms with E-state index in [1.807, 2.05) is 60.7 Å². The second-order valence-corrected chi connectivity index (χ2v) is 5.96. The van der Waals surface area contributed by atoms with E-state index in [2.05, 4.69) is 10.3 Å². The zero-order chi connectivity index (χ0) is 18.4. The molecule has 1 atom stereocenters. The van der Waals surface area contributed by atoms with E-state index < -0.39 is 11.2 Å². The molecule has 1 heterocycles. The van der Waals surface area contributed by atoms with Crippen LogP contribution in [0.4, 0.5) is 0 Å². The molecule has 0 aliphatic heterocycles. The van der Waals surface area contributed by atoms with Crippen molar-refractivity contribution in [1.82, 2.24) is 14.9 Å². The lowest BCUT2D eigenvalue weighted by molar-refractivity contribution is -0.122. The van der Waals surface area contributed by atoms with Gasteiger partial charge in [0, 0.05) is 12.3 Å². The number of hydrogen-bond acceptors (Lipinski definition) is 3. The molecule has 2 N–H and O–H groups in total. The molecule has 1 aromatic heterocycles. The summed E-state index contributed by atoms with van der Waals surface area (Å²) >= 11 is 0. The molecule has 0 bridgehead atoms.